The third-order valence-electron chi connectivity index (χ3n) is 4.52. The lowest BCUT2D eigenvalue weighted by Gasteiger charge is -2.16. The summed E-state index contributed by atoms with van der Waals surface area (Å²) in [5.74, 6) is -1.51. The molecule has 2 N–H and O–H groups in total. The van der Waals surface area contributed by atoms with Crippen molar-refractivity contribution in [1.29, 1.82) is 0 Å². The van der Waals surface area contributed by atoms with E-state index in [9.17, 15) is 19.2 Å². The van der Waals surface area contributed by atoms with Gasteiger partial charge in [-0.1, -0.05) is 42.5 Å². The molecule has 1 aliphatic rings. The Balaban J connectivity index is 1.46. The molecule has 7 heteroatoms. The summed E-state index contributed by atoms with van der Waals surface area (Å²) >= 11 is 0. The van der Waals surface area contributed by atoms with Gasteiger partial charge in [-0.2, -0.15) is 0 Å². The maximum Gasteiger partial charge on any atom is 0.261 e. The van der Waals surface area contributed by atoms with Crippen LogP contribution in [-0.2, 0) is 16.1 Å². The Labute approximate surface area is 162 Å². The van der Waals surface area contributed by atoms with Gasteiger partial charge in [0.05, 0.1) is 11.1 Å². The van der Waals surface area contributed by atoms with Crippen molar-refractivity contribution in [3.8, 4) is 0 Å². The summed E-state index contributed by atoms with van der Waals surface area (Å²) in [5.41, 5.74) is 1.66. The van der Waals surface area contributed by atoms with Crippen molar-refractivity contribution in [3.63, 3.8) is 0 Å². The van der Waals surface area contributed by atoms with Crippen molar-refractivity contribution < 1.29 is 19.2 Å². The second-order valence-electron chi connectivity index (χ2n) is 6.55. The Hall–Kier alpha value is -3.48. The quantitative estimate of drug-likeness (QED) is 0.713. The molecule has 144 valence electrons. The molecule has 1 heterocycles. The van der Waals surface area contributed by atoms with Gasteiger partial charge in [-0.3, -0.25) is 24.1 Å². The molecule has 0 fully saturated rings. The summed E-state index contributed by atoms with van der Waals surface area (Å²) in [6.07, 6.45) is -0.0677. The predicted molar refractivity (Wildman–Crippen MR) is 102 cm³/mol. The average Bonchev–Trinajstić information content (AvgIpc) is 2.95. The van der Waals surface area contributed by atoms with Crippen LogP contribution in [0.15, 0.2) is 54.6 Å². The van der Waals surface area contributed by atoms with E-state index in [1.807, 2.05) is 30.3 Å². The van der Waals surface area contributed by atoms with Gasteiger partial charge in [0.15, 0.2) is 0 Å². The summed E-state index contributed by atoms with van der Waals surface area (Å²) in [6, 6.07) is 15.3. The first kappa shape index (κ1) is 19.3. The molecule has 1 atom stereocenters. The molecule has 0 aliphatic carbocycles. The maximum absolute atomic E-state index is 12.3. The summed E-state index contributed by atoms with van der Waals surface area (Å²) < 4.78 is 0. The number of carbonyl (C=O) groups excluding carboxylic acids is 4. The molecule has 1 unspecified atom stereocenters. The third-order valence-corrected chi connectivity index (χ3v) is 4.52. The van der Waals surface area contributed by atoms with E-state index in [4.69, 9.17) is 0 Å². The number of nitrogens with zero attached hydrogens (tertiary/aromatic N) is 1. The van der Waals surface area contributed by atoms with Gasteiger partial charge in [0.2, 0.25) is 11.8 Å². The second-order valence-corrected chi connectivity index (χ2v) is 6.55. The van der Waals surface area contributed by atoms with Crippen molar-refractivity contribution in [3.05, 3.63) is 71.3 Å². The van der Waals surface area contributed by atoms with Gasteiger partial charge >= 0.3 is 0 Å². The SMILES string of the molecule is CC(NC(=O)CCN1C(=O)c2ccccc2C1=O)C(=O)NCc1ccccc1. The molecule has 7 nitrogen and oxygen atoms in total. The molecule has 2 aromatic carbocycles. The number of rotatable bonds is 7. The van der Waals surface area contributed by atoms with Gasteiger partial charge in [0, 0.05) is 19.5 Å². The van der Waals surface area contributed by atoms with Crippen molar-refractivity contribution >= 4 is 23.6 Å². The number of amides is 4. The van der Waals surface area contributed by atoms with Crippen LogP contribution in [0, 0.1) is 0 Å². The standard InChI is InChI=1S/C21H21N3O4/c1-14(19(26)22-13-15-7-3-2-4-8-15)23-18(25)11-12-24-20(27)16-9-5-6-10-17(16)21(24)28/h2-10,14H,11-13H2,1H3,(H,22,26)(H,23,25). The monoisotopic (exact) mass is 379 g/mol. The van der Waals surface area contributed by atoms with Crippen molar-refractivity contribution in [2.75, 3.05) is 6.54 Å². The van der Waals surface area contributed by atoms with Crippen LogP contribution >= 0.6 is 0 Å². The molecule has 0 saturated carbocycles. The van der Waals surface area contributed by atoms with Crippen molar-refractivity contribution in [2.24, 2.45) is 0 Å². The molecule has 0 spiro atoms. The topological polar surface area (TPSA) is 95.6 Å². The van der Waals surface area contributed by atoms with Crippen LogP contribution in [0.25, 0.3) is 0 Å². The number of hydrogen-bond acceptors (Lipinski definition) is 4. The van der Waals surface area contributed by atoms with Gasteiger partial charge in [-0.05, 0) is 24.6 Å². The van der Waals surface area contributed by atoms with Crippen LogP contribution in [0.2, 0.25) is 0 Å². The highest BCUT2D eigenvalue weighted by molar-refractivity contribution is 6.21. The van der Waals surface area contributed by atoms with Crippen LogP contribution in [-0.4, -0.2) is 41.1 Å². The highest BCUT2D eigenvalue weighted by Crippen LogP contribution is 2.22. The highest BCUT2D eigenvalue weighted by atomic mass is 16.2. The molecule has 4 amide bonds. The molecule has 0 bridgehead atoms. The molecular weight excluding hydrogens is 358 g/mol. The van der Waals surface area contributed by atoms with E-state index in [1.54, 1.807) is 31.2 Å². The van der Waals surface area contributed by atoms with Gasteiger partial charge < -0.3 is 10.6 Å². The minimum atomic E-state index is -0.724. The fraction of sp³-hybridized carbons (Fsp3) is 0.238. The fourth-order valence-corrected chi connectivity index (χ4v) is 2.97. The van der Waals surface area contributed by atoms with Crippen LogP contribution in [0.5, 0.6) is 0 Å². The zero-order valence-corrected chi connectivity index (χ0v) is 15.5. The summed E-state index contributed by atoms with van der Waals surface area (Å²) in [5, 5.41) is 5.35. The van der Waals surface area contributed by atoms with E-state index in [1.165, 1.54) is 0 Å². The van der Waals surface area contributed by atoms with Gasteiger partial charge in [-0.15, -0.1) is 0 Å². The van der Waals surface area contributed by atoms with Gasteiger partial charge in [0.1, 0.15) is 6.04 Å². The average molecular weight is 379 g/mol. The normalized spacial score (nSPS) is 13.8. The lowest BCUT2D eigenvalue weighted by atomic mass is 10.1. The smallest absolute Gasteiger partial charge is 0.261 e. The summed E-state index contributed by atoms with van der Waals surface area (Å²) in [7, 11) is 0. The zero-order chi connectivity index (χ0) is 20.1. The molecule has 0 saturated heterocycles. The number of imide groups is 1. The van der Waals surface area contributed by atoms with E-state index >= 15 is 0 Å². The zero-order valence-electron chi connectivity index (χ0n) is 15.5. The Morgan fingerprint density at radius 3 is 2.11 bits per heavy atom. The number of carbonyl (C=O) groups is 4. The lowest BCUT2D eigenvalue weighted by molar-refractivity contribution is -0.128. The number of nitrogens with one attached hydrogen (secondary N) is 2. The first-order valence-corrected chi connectivity index (χ1v) is 9.03. The van der Waals surface area contributed by atoms with E-state index in [0.29, 0.717) is 17.7 Å². The Bertz CT molecular complexity index is 876. The lowest BCUT2D eigenvalue weighted by Crippen LogP contribution is -2.45. The van der Waals surface area contributed by atoms with E-state index < -0.39 is 23.8 Å². The molecule has 0 radical (unpaired) electrons. The third kappa shape index (κ3) is 4.25. The van der Waals surface area contributed by atoms with Gasteiger partial charge in [0.25, 0.3) is 11.8 Å². The van der Waals surface area contributed by atoms with E-state index in [2.05, 4.69) is 10.6 Å². The number of fused-ring (bicyclic) bond motifs is 1. The summed E-state index contributed by atoms with van der Waals surface area (Å²) in [4.78, 5) is 49.9. The summed E-state index contributed by atoms with van der Waals surface area (Å²) in [6.45, 7) is 1.92. The van der Waals surface area contributed by atoms with Crippen LogP contribution in [0.4, 0.5) is 0 Å². The molecule has 0 aromatic heterocycles. The maximum atomic E-state index is 12.3. The van der Waals surface area contributed by atoms with E-state index in [0.717, 1.165) is 10.5 Å². The molecule has 28 heavy (non-hydrogen) atoms. The Kier molecular flexibility index (Phi) is 5.84. The predicted octanol–water partition coefficient (Wildman–Crippen LogP) is 1.49. The highest BCUT2D eigenvalue weighted by Gasteiger charge is 2.35. The first-order chi connectivity index (χ1) is 13.5. The Morgan fingerprint density at radius 1 is 0.929 bits per heavy atom. The molecular formula is C21H21N3O4. The van der Waals surface area contributed by atoms with E-state index in [-0.39, 0.29) is 18.9 Å². The second kappa shape index (κ2) is 8.47. The molecule has 2 aromatic rings. The Morgan fingerprint density at radius 2 is 1.50 bits per heavy atom. The minimum Gasteiger partial charge on any atom is -0.350 e. The van der Waals surface area contributed by atoms with Crippen molar-refractivity contribution in [1.82, 2.24) is 15.5 Å². The largest absolute Gasteiger partial charge is 0.350 e. The first-order valence-electron chi connectivity index (χ1n) is 9.03. The molecule has 3 rings (SSSR count). The minimum absolute atomic E-state index is 0.0312. The number of benzene rings is 2. The van der Waals surface area contributed by atoms with Crippen molar-refractivity contribution in [2.45, 2.75) is 25.9 Å². The van der Waals surface area contributed by atoms with Gasteiger partial charge in [-0.25, -0.2) is 0 Å². The number of hydrogen-bond donors (Lipinski definition) is 2. The van der Waals surface area contributed by atoms with Crippen LogP contribution in [0.3, 0.4) is 0 Å². The fourth-order valence-electron chi connectivity index (χ4n) is 2.97. The van der Waals surface area contributed by atoms with Crippen LogP contribution < -0.4 is 10.6 Å². The molecule has 1 aliphatic heterocycles. The van der Waals surface area contributed by atoms with Crippen LogP contribution in [0.1, 0.15) is 39.6 Å².